The zero-order valence-electron chi connectivity index (χ0n) is 16.5. The van der Waals surface area contributed by atoms with Crippen molar-refractivity contribution in [2.45, 2.75) is 18.7 Å². The number of aryl methyl sites for hydroxylation is 1. The molecule has 2 aromatic rings. The van der Waals surface area contributed by atoms with E-state index in [4.69, 9.17) is 4.74 Å². The second kappa shape index (κ2) is 9.35. The van der Waals surface area contributed by atoms with Gasteiger partial charge in [0.2, 0.25) is 0 Å². The molecule has 0 aliphatic rings. The van der Waals surface area contributed by atoms with Gasteiger partial charge in [-0.15, -0.1) is 0 Å². The molecule has 0 saturated heterocycles. The fourth-order valence-electron chi connectivity index (χ4n) is 2.64. The number of benzene rings is 2. The third-order valence-electron chi connectivity index (χ3n) is 4.08. The van der Waals surface area contributed by atoms with Crippen LogP contribution in [-0.2, 0) is 24.3 Å². The summed E-state index contributed by atoms with van der Waals surface area (Å²) in [6, 6.07) is 8.89. The molecule has 10 nitrogen and oxygen atoms in total. The summed E-state index contributed by atoms with van der Waals surface area (Å²) < 4.78 is 37.1. The Morgan fingerprint density at radius 1 is 1.17 bits per heavy atom. The highest BCUT2D eigenvalue weighted by Gasteiger charge is 2.31. The van der Waals surface area contributed by atoms with Gasteiger partial charge in [0.25, 0.3) is 15.7 Å². The van der Waals surface area contributed by atoms with Crippen LogP contribution < -0.4 is 4.31 Å². The molecule has 0 heterocycles. The third-order valence-corrected chi connectivity index (χ3v) is 6.00. The van der Waals surface area contributed by atoms with Gasteiger partial charge in [-0.2, -0.15) is 0 Å². The Bertz CT molecular complexity index is 1080. The maximum Gasteiger partial charge on any atom is 0.337 e. The SMILES string of the molecule is CCOC(=O)CN(c1cccc(C(=O)OC)c1)S(=O)(=O)c1cc([N+](=O)[O-])ccc1C. The molecule has 0 aliphatic heterocycles. The molecule has 2 rings (SSSR count). The van der Waals surface area contributed by atoms with E-state index in [0.29, 0.717) is 0 Å². The van der Waals surface area contributed by atoms with Crippen LogP contribution in [0.25, 0.3) is 0 Å². The van der Waals surface area contributed by atoms with Crippen LogP contribution >= 0.6 is 0 Å². The second-order valence-corrected chi connectivity index (χ2v) is 7.90. The van der Waals surface area contributed by atoms with Gasteiger partial charge in [-0.25, -0.2) is 13.2 Å². The summed E-state index contributed by atoms with van der Waals surface area (Å²) in [5.41, 5.74) is -0.108. The Hall–Kier alpha value is -3.47. The number of nitro benzene ring substituents is 1. The summed E-state index contributed by atoms with van der Waals surface area (Å²) in [5, 5.41) is 11.1. The van der Waals surface area contributed by atoms with Gasteiger partial charge in [0, 0.05) is 12.1 Å². The van der Waals surface area contributed by atoms with Crippen molar-refractivity contribution in [1.82, 2.24) is 0 Å². The summed E-state index contributed by atoms with van der Waals surface area (Å²) in [6.45, 7) is 2.39. The first-order valence-electron chi connectivity index (χ1n) is 8.73. The second-order valence-electron chi connectivity index (χ2n) is 6.07. The molecule has 0 radical (unpaired) electrons. The highest BCUT2D eigenvalue weighted by atomic mass is 32.2. The van der Waals surface area contributed by atoms with Crippen molar-refractivity contribution in [3.8, 4) is 0 Å². The number of methoxy groups -OCH3 is 1. The summed E-state index contributed by atoms with van der Waals surface area (Å²) in [4.78, 5) is 34.0. The number of nitro groups is 1. The third kappa shape index (κ3) is 4.92. The van der Waals surface area contributed by atoms with Crippen LogP contribution in [0.5, 0.6) is 0 Å². The number of carbonyl (C=O) groups is 2. The Labute approximate surface area is 173 Å². The minimum Gasteiger partial charge on any atom is -0.465 e. The first kappa shape index (κ1) is 22.8. The largest absolute Gasteiger partial charge is 0.465 e. The monoisotopic (exact) mass is 436 g/mol. The number of esters is 2. The predicted molar refractivity (Wildman–Crippen MR) is 107 cm³/mol. The Morgan fingerprint density at radius 3 is 2.47 bits per heavy atom. The zero-order valence-corrected chi connectivity index (χ0v) is 17.3. The van der Waals surface area contributed by atoms with Crippen molar-refractivity contribution in [1.29, 1.82) is 0 Å². The van der Waals surface area contributed by atoms with Crippen LogP contribution in [0.1, 0.15) is 22.8 Å². The lowest BCUT2D eigenvalue weighted by Crippen LogP contribution is -2.37. The van der Waals surface area contributed by atoms with Gasteiger partial charge < -0.3 is 9.47 Å². The lowest BCUT2D eigenvalue weighted by molar-refractivity contribution is -0.385. The molecule has 0 N–H and O–H groups in total. The fraction of sp³-hybridized carbons (Fsp3) is 0.263. The Balaban J connectivity index is 2.65. The smallest absolute Gasteiger partial charge is 0.337 e. The van der Waals surface area contributed by atoms with Crippen LogP contribution in [0.4, 0.5) is 11.4 Å². The van der Waals surface area contributed by atoms with Gasteiger partial charge in [-0.05, 0) is 37.6 Å². The highest BCUT2D eigenvalue weighted by molar-refractivity contribution is 7.93. The van der Waals surface area contributed by atoms with Crippen LogP contribution in [0, 0.1) is 17.0 Å². The van der Waals surface area contributed by atoms with Crippen LogP contribution in [0.15, 0.2) is 47.4 Å². The number of non-ortho nitro benzene ring substituents is 1. The van der Waals surface area contributed by atoms with Gasteiger partial charge in [0.05, 0.1) is 34.8 Å². The van der Waals surface area contributed by atoms with E-state index in [9.17, 15) is 28.1 Å². The van der Waals surface area contributed by atoms with E-state index in [2.05, 4.69) is 4.74 Å². The molecule has 0 unspecified atom stereocenters. The molecule has 160 valence electrons. The van der Waals surface area contributed by atoms with Gasteiger partial charge in [0.15, 0.2) is 0 Å². The average molecular weight is 436 g/mol. The number of hydrogen-bond acceptors (Lipinski definition) is 8. The lowest BCUT2D eigenvalue weighted by atomic mass is 10.2. The quantitative estimate of drug-likeness (QED) is 0.350. The summed E-state index contributed by atoms with van der Waals surface area (Å²) >= 11 is 0. The first-order valence-corrected chi connectivity index (χ1v) is 10.2. The van der Waals surface area contributed by atoms with E-state index in [1.54, 1.807) is 6.92 Å². The summed E-state index contributed by atoms with van der Waals surface area (Å²) in [6.07, 6.45) is 0. The van der Waals surface area contributed by atoms with E-state index in [-0.39, 0.29) is 28.3 Å². The molecule has 0 fully saturated rings. The molecule has 0 aliphatic carbocycles. The number of ether oxygens (including phenoxy) is 2. The van der Waals surface area contributed by atoms with Crippen LogP contribution in [0.3, 0.4) is 0 Å². The molecule has 0 amide bonds. The minimum atomic E-state index is -4.43. The molecule has 0 spiro atoms. The number of rotatable bonds is 8. The molecule has 0 atom stereocenters. The van der Waals surface area contributed by atoms with Gasteiger partial charge in [-0.1, -0.05) is 12.1 Å². The normalized spacial score (nSPS) is 10.9. The molecular weight excluding hydrogens is 416 g/mol. The van der Waals surface area contributed by atoms with E-state index in [1.165, 1.54) is 50.4 Å². The van der Waals surface area contributed by atoms with Crippen molar-refractivity contribution in [2.24, 2.45) is 0 Å². The number of hydrogen-bond donors (Lipinski definition) is 0. The van der Waals surface area contributed by atoms with Crippen molar-refractivity contribution in [3.63, 3.8) is 0 Å². The molecule has 11 heteroatoms. The number of anilines is 1. The number of nitrogens with zero attached hydrogens (tertiary/aromatic N) is 2. The molecule has 0 aromatic heterocycles. The minimum absolute atomic E-state index is 0.00291. The van der Waals surface area contributed by atoms with Crippen molar-refractivity contribution < 1.29 is 32.4 Å². The molecule has 30 heavy (non-hydrogen) atoms. The predicted octanol–water partition coefficient (Wildman–Crippen LogP) is 2.45. The van der Waals surface area contributed by atoms with Crippen molar-refractivity contribution in [3.05, 3.63) is 63.7 Å². The highest BCUT2D eigenvalue weighted by Crippen LogP contribution is 2.29. The van der Waals surface area contributed by atoms with E-state index in [1.807, 2.05) is 0 Å². The molecule has 2 aromatic carbocycles. The van der Waals surface area contributed by atoms with Gasteiger partial charge in [0.1, 0.15) is 6.54 Å². The topological polar surface area (TPSA) is 133 Å². The summed E-state index contributed by atoms with van der Waals surface area (Å²) in [5.74, 6) is -1.52. The van der Waals surface area contributed by atoms with E-state index >= 15 is 0 Å². The lowest BCUT2D eigenvalue weighted by Gasteiger charge is -2.24. The number of carbonyl (C=O) groups excluding carboxylic acids is 2. The van der Waals surface area contributed by atoms with Crippen LogP contribution in [-0.4, -0.2) is 45.5 Å². The maximum atomic E-state index is 13.4. The zero-order chi connectivity index (χ0) is 22.5. The van der Waals surface area contributed by atoms with Gasteiger partial charge >= 0.3 is 11.9 Å². The van der Waals surface area contributed by atoms with E-state index < -0.39 is 39.1 Å². The van der Waals surface area contributed by atoms with Crippen molar-refractivity contribution >= 4 is 33.3 Å². The summed E-state index contributed by atoms with van der Waals surface area (Å²) in [7, 11) is -3.25. The molecule has 0 saturated carbocycles. The first-order chi connectivity index (χ1) is 14.1. The molecule has 0 bridgehead atoms. The average Bonchev–Trinajstić information content (AvgIpc) is 2.71. The standard InChI is InChI=1S/C19H20N2O8S/c1-4-29-18(22)12-20(15-7-5-6-14(10-15)19(23)28-3)30(26,27)17-11-16(21(24)25)9-8-13(17)2/h5-11H,4,12H2,1-3H3. The molecular formula is C19H20N2O8S. The maximum absolute atomic E-state index is 13.4. The van der Waals surface area contributed by atoms with E-state index in [0.717, 1.165) is 10.4 Å². The van der Waals surface area contributed by atoms with Crippen molar-refractivity contribution in [2.75, 3.05) is 24.6 Å². The Kier molecular flexibility index (Phi) is 7.11. The fourth-order valence-corrected chi connectivity index (χ4v) is 4.29. The number of sulfonamides is 1. The van der Waals surface area contributed by atoms with Crippen LogP contribution in [0.2, 0.25) is 0 Å². The van der Waals surface area contributed by atoms with Gasteiger partial charge in [-0.3, -0.25) is 19.2 Å². The Morgan fingerprint density at radius 2 is 1.87 bits per heavy atom.